The highest BCUT2D eigenvalue weighted by Crippen LogP contribution is 2.40. The highest BCUT2D eigenvalue weighted by atomic mass is 79.9. The number of hydrogen-bond acceptors (Lipinski definition) is 1. The second-order valence-electron chi connectivity index (χ2n) is 5.14. The molecule has 0 radical (unpaired) electrons. The lowest BCUT2D eigenvalue weighted by Gasteiger charge is -2.06. The Morgan fingerprint density at radius 2 is 1.52 bits per heavy atom. The molecule has 0 unspecified atom stereocenters. The van der Waals surface area contributed by atoms with Gasteiger partial charge in [0.25, 0.3) is 0 Å². The highest BCUT2D eigenvalue weighted by molar-refractivity contribution is 9.10. The van der Waals surface area contributed by atoms with E-state index in [1.807, 2.05) is 42.5 Å². The van der Waals surface area contributed by atoms with Crippen molar-refractivity contribution in [1.82, 2.24) is 0 Å². The molecule has 0 spiro atoms. The fourth-order valence-electron chi connectivity index (χ4n) is 2.80. The van der Waals surface area contributed by atoms with Gasteiger partial charge in [-0.3, -0.25) is 0 Å². The molecule has 0 aliphatic carbocycles. The van der Waals surface area contributed by atoms with Gasteiger partial charge in [-0.25, -0.2) is 4.42 Å². The van der Waals surface area contributed by atoms with E-state index < -0.39 is 0 Å². The first-order valence-corrected chi connectivity index (χ1v) is 7.76. The lowest BCUT2D eigenvalue weighted by atomic mass is 9.97. The number of hydrogen-bond donors (Lipinski definition) is 1. The first-order valence-electron chi connectivity index (χ1n) is 6.96. The van der Waals surface area contributed by atoms with Crippen LogP contribution in [0.15, 0.2) is 75.6 Å². The van der Waals surface area contributed by atoms with Crippen molar-refractivity contribution in [2.24, 2.45) is 0 Å². The van der Waals surface area contributed by atoms with Crippen LogP contribution in [0.4, 0.5) is 0 Å². The number of benzene rings is 3. The molecule has 23 heavy (non-hydrogen) atoms. The van der Waals surface area contributed by atoms with Crippen LogP contribution < -0.4 is 17.0 Å². The number of para-hydroxylation sites is 1. The van der Waals surface area contributed by atoms with Gasteiger partial charge in [0, 0.05) is 17.7 Å². The molecule has 0 amide bonds. The van der Waals surface area contributed by atoms with Gasteiger partial charge in [-0.2, -0.15) is 0 Å². The lowest BCUT2D eigenvalue weighted by Crippen LogP contribution is -3.00. The Morgan fingerprint density at radius 1 is 0.826 bits per heavy atom. The van der Waals surface area contributed by atoms with Crippen LogP contribution in [0.1, 0.15) is 0 Å². The molecule has 114 valence electrons. The van der Waals surface area contributed by atoms with E-state index in [9.17, 15) is 5.11 Å². The third-order valence-electron chi connectivity index (χ3n) is 3.73. The monoisotopic (exact) mass is 430 g/mol. The van der Waals surface area contributed by atoms with Gasteiger partial charge in [0.1, 0.15) is 10.2 Å². The molecule has 0 saturated carbocycles. The predicted molar refractivity (Wildman–Crippen MR) is 92.9 cm³/mol. The van der Waals surface area contributed by atoms with E-state index >= 15 is 0 Å². The van der Waals surface area contributed by atoms with Crippen LogP contribution in [-0.4, -0.2) is 5.11 Å². The van der Waals surface area contributed by atoms with Crippen molar-refractivity contribution in [2.45, 2.75) is 0 Å². The summed E-state index contributed by atoms with van der Waals surface area (Å²) >= 11 is 3.49. The Balaban J connectivity index is 0.00000156. The van der Waals surface area contributed by atoms with Crippen molar-refractivity contribution in [1.29, 1.82) is 0 Å². The minimum atomic E-state index is 0. The minimum absolute atomic E-state index is 0. The van der Waals surface area contributed by atoms with Crippen molar-refractivity contribution in [2.75, 3.05) is 0 Å². The van der Waals surface area contributed by atoms with Gasteiger partial charge in [0.05, 0.1) is 10.8 Å². The maximum absolute atomic E-state index is 9.98. The smallest absolute Gasteiger partial charge is 0.375 e. The maximum Gasteiger partial charge on any atom is 0.375 e. The van der Waals surface area contributed by atoms with Crippen molar-refractivity contribution in [3.63, 3.8) is 0 Å². The molecule has 4 rings (SSSR count). The normalized spacial score (nSPS) is 10.7. The average Bonchev–Trinajstić information content (AvgIpc) is 2.54. The Morgan fingerprint density at radius 3 is 2.30 bits per heavy atom. The van der Waals surface area contributed by atoms with E-state index in [2.05, 4.69) is 28.1 Å². The van der Waals surface area contributed by atoms with E-state index in [-0.39, 0.29) is 22.7 Å². The van der Waals surface area contributed by atoms with Crippen LogP contribution in [0, 0.1) is 0 Å². The molecule has 0 bridgehead atoms. The van der Waals surface area contributed by atoms with Crippen molar-refractivity contribution in [3.8, 4) is 16.9 Å². The Hall–Kier alpha value is -1.91. The summed E-state index contributed by atoms with van der Waals surface area (Å²) in [4.78, 5) is 0. The number of phenolic OH excluding ortho intramolecular Hbond substituents is 1. The molecular weight excluding hydrogens is 420 g/mol. The molecule has 1 N–H and O–H groups in total. The van der Waals surface area contributed by atoms with Gasteiger partial charge in [-0.15, -0.1) is 0 Å². The lowest BCUT2D eigenvalue weighted by molar-refractivity contribution is -0.00000559. The zero-order valence-corrected chi connectivity index (χ0v) is 15.1. The zero-order valence-electron chi connectivity index (χ0n) is 12.0. The molecule has 0 aliphatic heterocycles. The Kier molecular flexibility index (Phi) is 4.37. The number of aromatic hydroxyl groups is 1. The van der Waals surface area contributed by atoms with Crippen molar-refractivity contribution in [3.05, 3.63) is 71.2 Å². The summed E-state index contributed by atoms with van der Waals surface area (Å²) in [6.45, 7) is 0. The van der Waals surface area contributed by atoms with Crippen LogP contribution in [0.5, 0.6) is 5.75 Å². The average molecular weight is 432 g/mol. The van der Waals surface area contributed by atoms with Crippen LogP contribution in [-0.2, 0) is 0 Å². The van der Waals surface area contributed by atoms with Crippen LogP contribution in [0.2, 0.25) is 0 Å². The van der Waals surface area contributed by atoms with E-state index in [0.29, 0.717) is 0 Å². The summed E-state index contributed by atoms with van der Waals surface area (Å²) in [5.41, 5.74) is 3.71. The molecule has 0 saturated heterocycles. The molecule has 4 heteroatoms. The van der Waals surface area contributed by atoms with Gasteiger partial charge >= 0.3 is 11.2 Å². The summed E-state index contributed by atoms with van der Waals surface area (Å²) in [6.07, 6.45) is 0. The molecule has 3 aromatic carbocycles. The zero-order chi connectivity index (χ0) is 15.1. The summed E-state index contributed by atoms with van der Waals surface area (Å²) in [5.74, 6) is 0.210. The van der Waals surface area contributed by atoms with Gasteiger partial charge in [-0.1, -0.05) is 42.5 Å². The van der Waals surface area contributed by atoms with Gasteiger partial charge in [-0.05, 0) is 33.6 Å². The molecule has 0 atom stereocenters. The fourth-order valence-corrected chi connectivity index (χ4v) is 3.33. The first-order chi connectivity index (χ1) is 10.7. The number of fused-ring (bicyclic) bond motifs is 2. The number of rotatable bonds is 1. The quantitative estimate of drug-likeness (QED) is 0.371. The third-order valence-corrected chi connectivity index (χ3v) is 4.32. The summed E-state index contributed by atoms with van der Waals surface area (Å²) < 4.78 is 6.78. The molecule has 1 heterocycles. The number of halogens is 2. The van der Waals surface area contributed by atoms with Crippen LogP contribution in [0.25, 0.3) is 33.1 Å². The molecule has 0 fully saturated rings. The van der Waals surface area contributed by atoms with E-state index in [1.54, 1.807) is 12.1 Å². The molecule has 2 nitrogen and oxygen atoms in total. The van der Waals surface area contributed by atoms with E-state index in [0.717, 1.165) is 37.5 Å². The van der Waals surface area contributed by atoms with E-state index in [4.69, 9.17) is 4.42 Å². The SMILES string of the molecule is Oc1cc(Br)c2[o+]c3ccccc3c(-c3ccccc3)c2c1.[Br-]. The van der Waals surface area contributed by atoms with E-state index in [1.165, 1.54) is 0 Å². The second-order valence-corrected chi connectivity index (χ2v) is 6.00. The second kappa shape index (κ2) is 6.30. The largest absolute Gasteiger partial charge is 1.00 e. The summed E-state index contributed by atoms with van der Waals surface area (Å²) in [7, 11) is 0. The van der Waals surface area contributed by atoms with Crippen LogP contribution in [0.3, 0.4) is 0 Å². The first kappa shape index (κ1) is 16.0. The van der Waals surface area contributed by atoms with Gasteiger partial charge < -0.3 is 22.1 Å². The Bertz CT molecular complexity index is 998. The Labute approximate surface area is 152 Å². The standard InChI is InChI=1S/C19H11BrO2.BrH/c20-16-11-13(21)10-15-18(12-6-2-1-3-7-12)14-8-4-5-9-17(14)22-19(15)16;/h1-11H;1H. The molecule has 0 aliphatic rings. The third kappa shape index (κ3) is 2.73. The van der Waals surface area contributed by atoms with Crippen LogP contribution >= 0.6 is 15.9 Å². The molecule has 4 aromatic rings. The molecule has 1 aromatic heterocycles. The minimum Gasteiger partial charge on any atom is -1.00 e. The van der Waals surface area contributed by atoms with Gasteiger partial charge in [0.15, 0.2) is 0 Å². The topological polar surface area (TPSA) is 31.5 Å². The summed E-state index contributed by atoms with van der Waals surface area (Å²) in [6, 6.07) is 21.5. The van der Waals surface area contributed by atoms with Crippen molar-refractivity contribution < 1.29 is 26.5 Å². The van der Waals surface area contributed by atoms with Crippen molar-refractivity contribution >= 4 is 37.9 Å². The molecular formula is C19H12Br2O2. The fraction of sp³-hybridized carbons (Fsp3) is 0. The highest BCUT2D eigenvalue weighted by Gasteiger charge is 2.22. The summed E-state index contributed by atoms with van der Waals surface area (Å²) in [5, 5.41) is 11.9. The number of phenols is 1. The predicted octanol–water partition coefficient (Wildman–Crippen LogP) is 3.01. The van der Waals surface area contributed by atoms with Gasteiger partial charge in [0.2, 0.25) is 0 Å². The maximum atomic E-state index is 9.98.